The quantitative estimate of drug-likeness (QED) is 0.839. The molecule has 2 aromatic carbocycles. The highest BCUT2D eigenvalue weighted by Gasteiger charge is 2.21. The maximum absolute atomic E-state index is 14.1. The SMILES string of the molecule is CNC(Cc1cc(F)cc(F)c1)c1c(F)ccc(C)c1F. The molecule has 0 saturated heterocycles. The van der Waals surface area contributed by atoms with Gasteiger partial charge in [-0.05, 0) is 49.7 Å². The van der Waals surface area contributed by atoms with Crippen molar-refractivity contribution in [2.75, 3.05) is 7.05 Å². The van der Waals surface area contributed by atoms with Crippen molar-refractivity contribution >= 4 is 0 Å². The van der Waals surface area contributed by atoms with E-state index >= 15 is 0 Å². The van der Waals surface area contributed by atoms with Gasteiger partial charge in [-0.1, -0.05) is 6.07 Å². The number of likely N-dealkylation sites (N-methyl/N-ethyl adjacent to an activating group) is 1. The predicted octanol–water partition coefficient (Wildman–Crippen LogP) is 4.05. The minimum atomic E-state index is -0.718. The van der Waals surface area contributed by atoms with Crippen LogP contribution >= 0.6 is 0 Å². The second-order valence-electron chi connectivity index (χ2n) is 4.92. The fourth-order valence-corrected chi connectivity index (χ4v) is 2.31. The molecule has 0 heterocycles. The Hall–Kier alpha value is -1.88. The molecule has 0 amide bonds. The van der Waals surface area contributed by atoms with E-state index in [1.165, 1.54) is 19.1 Å². The van der Waals surface area contributed by atoms with E-state index in [1.807, 2.05) is 0 Å². The van der Waals surface area contributed by atoms with Gasteiger partial charge in [0.05, 0.1) is 0 Å². The zero-order chi connectivity index (χ0) is 15.6. The fraction of sp³-hybridized carbons (Fsp3) is 0.250. The van der Waals surface area contributed by atoms with Gasteiger partial charge in [0.1, 0.15) is 23.3 Å². The van der Waals surface area contributed by atoms with Gasteiger partial charge in [-0.25, -0.2) is 17.6 Å². The van der Waals surface area contributed by atoms with Gasteiger partial charge in [0, 0.05) is 17.7 Å². The number of rotatable bonds is 4. The summed E-state index contributed by atoms with van der Waals surface area (Å²) in [5.74, 6) is -2.77. The molecule has 2 aromatic rings. The Bertz CT molecular complexity index is 635. The average molecular weight is 297 g/mol. The van der Waals surface area contributed by atoms with Crippen molar-refractivity contribution in [3.8, 4) is 0 Å². The topological polar surface area (TPSA) is 12.0 Å². The number of hydrogen-bond acceptors (Lipinski definition) is 1. The second-order valence-corrected chi connectivity index (χ2v) is 4.92. The third-order valence-electron chi connectivity index (χ3n) is 3.38. The van der Waals surface area contributed by atoms with Crippen molar-refractivity contribution < 1.29 is 17.6 Å². The molecule has 0 aliphatic rings. The van der Waals surface area contributed by atoms with E-state index in [0.717, 1.165) is 18.2 Å². The molecule has 1 N–H and O–H groups in total. The van der Waals surface area contributed by atoms with Crippen molar-refractivity contribution in [2.24, 2.45) is 0 Å². The van der Waals surface area contributed by atoms with Crippen molar-refractivity contribution in [3.63, 3.8) is 0 Å². The van der Waals surface area contributed by atoms with Crippen LogP contribution in [0.4, 0.5) is 17.6 Å². The summed E-state index contributed by atoms with van der Waals surface area (Å²) in [5.41, 5.74) is 0.520. The Kier molecular flexibility index (Phi) is 4.63. The molecule has 5 heteroatoms. The molecular weight excluding hydrogens is 282 g/mol. The lowest BCUT2D eigenvalue weighted by molar-refractivity contribution is 0.484. The molecule has 0 fully saturated rings. The highest BCUT2D eigenvalue weighted by molar-refractivity contribution is 5.31. The first-order chi connectivity index (χ1) is 9.92. The van der Waals surface area contributed by atoms with E-state index in [-0.39, 0.29) is 12.0 Å². The molecule has 112 valence electrons. The fourth-order valence-electron chi connectivity index (χ4n) is 2.31. The lowest BCUT2D eigenvalue weighted by atomic mass is 9.96. The maximum Gasteiger partial charge on any atom is 0.133 e. The summed E-state index contributed by atoms with van der Waals surface area (Å²) < 4.78 is 54.4. The molecule has 0 aromatic heterocycles. The standard InChI is InChI=1S/C16H15F4N/c1-9-3-4-13(19)15(16(9)20)14(21-2)7-10-5-11(17)8-12(18)6-10/h3-6,8,14,21H,7H2,1-2H3. The van der Waals surface area contributed by atoms with Crippen LogP contribution in [0.1, 0.15) is 22.7 Å². The zero-order valence-electron chi connectivity index (χ0n) is 11.7. The van der Waals surface area contributed by atoms with E-state index < -0.39 is 29.3 Å². The molecule has 0 aliphatic heterocycles. The molecule has 2 rings (SSSR count). The van der Waals surface area contributed by atoms with E-state index in [2.05, 4.69) is 5.32 Å². The normalized spacial score (nSPS) is 12.5. The lowest BCUT2D eigenvalue weighted by Crippen LogP contribution is -2.22. The summed E-state index contributed by atoms with van der Waals surface area (Å²) in [4.78, 5) is 0. The van der Waals surface area contributed by atoms with Gasteiger partial charge in [0.25, 0.3) is 0 Å². The second kappa shape index (κ2) is 6.26. The minimum absolute atomic E-state index is 0.0719. The minimum Gasteiger partial charge on any atom is -0.313 e. The Balaban J connectivity index is 2.39. The smallest absolute Gasteiger partial charge is 0.133 e. The molecular formula is C16H15F4N. The summed E-state index contributed by atoms with van der Waals surface area (Å²) in [6.45, 7) is 1.53. The van der Waals surface area contributed by atoms with Gasteiger partial charge >= 0.3 is 0 Å². The van der Waals surface area contributed by atoms with Gasteiger partial charge in [-0.3, -0.25) is 0 Å². The van der Waals surface area contributed by atoms with Crippen LogP contribution in [0, 0.1) is 30.2 Å². The third-order valence-corrected chi connectivity index (χ3v) is 3.38. The number of benzene rings is 2. The molecule has 21 heavy (non-hydrogen) atoms. The van der Waals surface area contributed by atoms with Crippen LogP contribution in [-0.4, -0.2) is 7.05 Å². The zero-order valence-corrected chi connectivity index (χ0v) is 11.7. The summed E-state index contributed by atoms with van der Waals surface area (Å²) in [6.07, 6.45) is 0.0719. The van der Waals surface area contributed by atoms with Gasteiger partial charge < -0.3 is 5.32 Å². The van der Waals surface area contributed by atoms with E-state index in [1.54, 1.807) is 7.05 Å². The monoisotopic (exact) mass is 297 g/mol. The van der Waals surface area contributed by atoms with Gasteiger partial charge in [-0.15, -0.1) is 0 Å². The molecule has 0 radical (unpaired) electrons. The average Bonchev–Trinajstić information content (AvgIpc) is 2.41. The summed E-state index contributed by atoms with van der Waals surface area (Å²) in [5, 5.41) is 2.79. The van der Waals surface area contributed by atoms with Crippen LogP contribution in [0.5, 0.6) is 0 Å². The highest BCUT2D eigenvalue weighted by Crippen LogP contribution is 2.26. The summed E-state index contributed by atoms with van der Waals surface area (Å²) in [6, 6.07) is 4.88. The first-order valence-electron chi connectivity index (χ1n) is 6.49. The van der Waals surface area contributed by atoms with Crippen LogP contribution in [0.25, 0.3) is 0 Å². The largest absolute Gasteiger partial charge is 0.313 e. The van der Waals surface area contributed by atoms with E-state index in [4.69, 9.17) is 0 Å². The Morgan fingerprint density at radius 2 is 1.62 bits per heavy atom. The summed E-state index contributed by atoms with van der Waals surface area (Å²) in [7, 11) is 1.54. The molecule has 1 atom stereocenters. The lowest BCUT2D eigenvalue weighted by Gasteiger charge is -2.19. The Morgan fingerprint density at radius 3 is 2.19 bits per heavy atom. The van der Waals surface area contributed by atoms with Gasteiger partial charge in [0.15, 0.2) is 0 Å². The molecule has 1 nitrogen and oxygen atoms in total. The Labute approximate surface area is 120 Å². The van der Waals surface area contributed by atoms with Gasteiger partial charge in [0.2, 0.25) is 0 Å². The van der Waals surface area contributed by atoms with Crippen molar-refractivity contribution in [1.82, 2.24) is 5.32 Å². The highest BCUT2D eigenvalue weighted by atomic mass is 19.1. The molecule has 1 unspecified atom stereocenters. The summed E-state index contributed by atoms with van der Waals surface area (Å²) >= 11 is 0. The van der Waals surface area contributed by atoms with Gasteiger partial charge in [-0.2, -0.15) is 0 Å². The van der Waals surface area contributed by atoms with E-state index in [9.17, 15) is 17.6 Å². The van der Waals surface area contributed by atoms with Crippen LogP contribution in [0.2, 0.25) is 0 Å². The third kappa shape index (κ3) is 3.42. The first-order valence-corrected chi connectivity index (χ1v) is 6.49. The van der Waals surface area contributed by atoms with Crippen molar-refractivity contribution in [2.45, 2.75) is 19.4 Å². The van der Waals surface area contributed by atoms with Crippen LogP contribution in [0.15, 0.2) is 30.3 Å². The van der Waals surface area contributed by atoms with Crippen molar-refractivity contribution in [1.29, 1.82) is 0 Å². The number of hydrogen-bond donors (Lipinski definition) is 1. The van der Waals surface area contributed by atoms with E-state index in [0.29, 0.717) is 11.1 Å². The molecule has 0 saturated carbocycles. The molecule has 0 spiro atoms. The van der Waals surface area contributed by atoms with Crippen LogP contribution < -0.4 is 5.32 Å². The van der Waals surface area contributed by atoms with Crippen molar-refractivity contribution in [3.05, 3.63) is 70.3 Å². The molecule has 0 aliphatic carbocycles. The number of halogens is 4. The number of aryl methyl sites for hydroxylation is 1. The number of nitrogens with one attached hydrogen (secondary N) is 1. The first kappa shape index (κ1) is 15.5. The molecule has 0 bridgehead atoms. The maximum atomic E-state index is 14.1. The van der Waals surface area contributed by atoms with Crippen LogP contribution in [0.3, 0.4) is 0 Å². The van der Waals surface area contributed by atoms with Crippen LogP contribution in [-0.2, 0) is 6.42 Å². The predicted molar refractivity (Wildman–Crippen MR) is 73.0 cm³/mol. The Morgan fingerprint density at radius 1 is 1.00 bits per heavy atom.